The van der Waals surface area contributed by atoms with Crippen molar-refractivity contribution in [2.75, 3.05) is 13.7 Å². The van der Waals surface area contributed by atoms with Gasteiger partial charge >= 0.3 is 0 Å². The third-order valence-corrected chi connectivity index (χ3v) is 5.86. The molecule has 2 N–H and O–H groups in total. The second-order valence-electron chi connectivity index (χ2n) is 6.66. The van der Waals surface area contributed by atoms with Gasteiger partial charge in [0, 0.05) is 28.7 Å². The van der Waals surface area contributed by atoms with Gasteiger partial charge in [0.1, 0.15) is 6.61 Å². The van der Waals surface area contributed by atoms with E-state index in [0.717, 1.165) is 21.2 Å². The van der Waals surface area contributed by atoms with Gasteiger partial charge in [-0.25, -0.2) is 0 Å². The van der Waals surface area contributed by atoms with Gasteiger partial charge in [0.15, 0.2) is 11.5 Å². The average molecular weight is 511 g/mol. The number of benzene rings is 3. The number of methoxy groups -OCH3 is 1. The molecule has 4 nitrogen and oxygen atoms in total. The van der Waals surface area contributed by atoms with E-state index in [1.807, 2.05) is 42.5 Å². The lowest BCUT2D eigenvalue weighted by molar-refractivity contribution is 0.174. The number of hydrogen-bond donors (Lipinski definition) is 2. The SMILES string of the molecule is COc1cc(CNC[C@@H](O)c2ccccc2)cc(Br)c1OCc1c(Cl)cccc1Cl. The summed E-state index contributed by atoms with van der Waals surface area (Å²) in [5.74, 6) is 1.16. The van der Waals surface area contributed by atoms with Crippen molar-refractivity contribution in [3.63, 3.8) is 0 Å². The van der Waals surface area contributed by atoms with E-state index in [9.17, 15) is 5.11 Å². The van der Waals surface area contributed by atoms with Crippen molar-refractivity contribution in [3.05, 3.63) is 91.9 Å². The maximum atomic E-state index is 10.3. The van der Waals surface area contributed by atoms with E-state index in [2.05, 4.69) is 21.2 Å². The Morgan fingerprint density at radius 2 is 1.73 bits per heavy atom. The molecule has 0 spiro atoms. The summed E-state index contributed by atoms with van der Waals surface area (Å²) in [5, 5.41) is 14.7. The Morgan fingerprint density at radius 1 is 1.03 bits per heavy atom. The van der Waals surface area contributed by atoms with E-state index >= 15 is 0 Å². The molecule has 3 aromatic carbocycles. The van der Waals surface area contributed by atoms with Crippen LogP contribution in [0, 0.1) is 0 Å². The summed E-state index contributed by atoms with van der Waals surface area (Å²) in [7, 11) is 1.59. The monoisotopic (exact) mass is 509 g/mol. The maximum Gasteiger partial charge on any atom is 0.175 e. The standard InChI is InChI=1S/C23H22BrCl2NO3/c1-29-22-11-15(12-27-13-21(28)16-6-3-2-4-7-16)10-18(24)23(22)30-14-17-19(25)8-5-9-20(17)26/h2-11,21,27-28H,12-14H2,1H3/t21-/m1/s1. The second kappa shape index (κ2) is 11.0. The smallest absolute Gasteiger partial charge is 0.175 e. The molecule has 3 aromatic rings. The van der Waals surface area contributed by atoms with Crippen LogP contribution in [0.4, 0.5) is 0 Å². The zero-order valence-corrected chi connectivity index (χ0v) is 19.5. The van der Waals surface area contributed by atoms with Gasteiger partial charge in [0.2, 0.25) is 0 Å². The number of aliphatic hydroxyl groups excluding tert-OH is 1. The summed E-state index contributed by atoms with van der Waals surface area (Å²) in [4.78, 5) is 0. The zero-order chi connectivity index (χ0) is 21.5. The first-order valence-electron chi connectivity index (χ1n) is 9.35. The molecule has 0 saturated carbocycles. The molecule has 0 saturated heterocycles. The lowest BCUT2D eigenvalue weighted by Gasteiger charge is -2.16. The highest BCUT2D eigenvalue weighted by atomic mass is 79.9. The summed E-state index contributed by atoms with van der Waals surface area (Å²) in [6.45, 7) is 1.22. The Bertz CT molecular complexity index is 965. The van der Waals surface area contributed by atoms with Gasteiger partial charge in [-0.1, -0.05) is 59.6 Å². The normalized spacial score (nSPS) is 11.9. The lowest BCUT2D eigenvalue weighted by Crippen LogP contribution is -2.21. The third-order valence-electron chi connectivity index (χ3n) is 4.56. The molecule has 7 heteroatoms. The highest BCUT2D eigenvalue weighted by Crippen LogP contribution is 2.38. The molecule has 0 fully saturated rings. The number of ether oxygens (including phenoxy) is 2. The van der Waals surface area contributed by atoms with Crippen LogP contribution in [0.15, 0.2) is 65.1 Å². The Kier molecular flexibility index (Phi) is 8.42. The first-order chi connectivity index (χ1) is 14.5. The first kappa shape index (κ1) is 22.9. The summed E-state index contributed by atoms with van der Waals surface area (Å²) < 4.78 is 12.2. The Morgan fingerprint density at radius 3 is 2.40 bits per heavy atom. The minimum Gasteiger partial charge on any atom is -0.493 e. The fourth-order valence-electron chi connectivity index (χ4n) is 2.98. The number of rotatable bonds is 9. The van der Waals surface area contributed by atoms with Crippen LogP contribution in [0.3, 0.4) is 0 Å². The molecule has 30 heavy (non-hydrogen) atoms. The van der Waals surface area contributed by atoms with Gasteiger partial charge in [0.25, 0.3) is 0 Å². The molecule has 0 aliphatic heterocycles. The van der Waals surface area contributed by atoms with Crippen molar-refractivity contribution in [1.82, 2.24) is 5.32 Å². The Hall–Kier alpha value is -1.76. The molecule has 0 bridgehead atoms. The molecule has 158 valence electrons. The molecular weight excluding hydrogens is 489 g/mol. The minimum atomic E-state index is -0.570. The van der Waals surface area contributed by atoms with Crippen molar-refractivity contribution in [2.24, 2.45) is 0 Å². The van der Waals surface area contributed by atoms with Crippen LogP contribution in [0.25, 0.3) is 0 Å². The van der Waals surface area contributed by atoms with Crippen LogP contribution >= 0.6 is 39.1 Å². The molecule has 0 unspecified atom stereocenters. The molecule has 0 aliphatic rings. The predicted molar refractivity (Wildman–Crippen MR) is 125 cm³/mol. The molecule has 1 atom stereocenters. The summed E-state index contributed by atoms with van der Waals surface area (Å²) >= 11 is 16.0. The maximum absolute atomic E-state index is 10.3. The van der Waals surface area contributed by atoms with Gasteiger partial charge in [-0.15, -0.1) is 0 Å². The number of nitrogens with one attached hydrogen (secondary N) is 1. The Labute approximate surface area is 194 Å². The van der Waals surface area contributed by atoms with E-state index < -0.39 is 6.10 Å². The Balaban J connectivity index is 1.65. The van der Waals surface area contributed by atoms with Crippen molar-refractivity contribution in [2.45, 2.75) is 19.3 Å². The van der Waals surface area contributed by atoms with Gasteiger partial charge in [-0.2, -0.15) is 0 Å². The van der Waals surface area contributed by atoms with Crippen molar-refractivity contribution < 1.29 is 14.6 Å². The highest BCUT2D eigenvalue weighted by molar-refractivity contribution is 9.10. The topological polar surface area (TPSA) is 50.7 Å². The predicted octanol–water partition coefficient (Wildman–Crippen LogP) is 6.17. The van der Waals surface area contributed by atoms with E-state index in [1.165, 1.54) is 0 Å². The number of halogens is 3. The van der Waals surface area contributed by atoms with Gasteiger partial charge in [0.05, 0.1) is 17.7 Å². The molecule has 0 amide bonds. The third kappa shape index (κ3) is 5.90. The van der Waals surface area contributed by atoms with E-state index in [1.54, 1.807) is 25.3 Å². The van der Waals surface area contributed by atoms with Crippen molar-refractivity contribution in [1.29, 1.82) is 0 Å². The molecule has 0 aliphatic carbocycles. The quantitative estimate of drug-likeness (QED) is 0.361. The summed E-state index contributed by atoms with van der Waals surface area (Å²) in [6.07, 6.45) is -0.570. The molecule has 0 radical (unpaired) electrons. The van der Waals surface area contributed by atoms with Crippen LogP contribution < -0.4 is 14.8 Å². The zero-order valence-electron chi connectivity index (χ0n) is 16.4. The van der Waals surface area contributed by atoms with Gasteiger partial charge in [-0.05, 0) is 51.3 Å². The fraction of sp³-hybridized carbons (Fsp3) is 0.217. The van der Waals surface area contributed by atoms with Crippen LogP contribution in [0.5, 0.6) is 11.5 Å². The van der Waals surface area contributed by atoms with Crippen LogP contribution in [0.1, 0.15) is 22.8 Å². The summed E-state index contributed by atoms with van der Waals surface area (Å²) in [5.41, 5.74) is 2.59. The van der Waals surface area contributed by atoms with Crippen molar-refractivity contribution >= 4 is 39.1 Å². The van der Waals surface area contributed by atoms with Crippen LogP contribution in [0.2, 0.25) is 10.0 Å². The van der Waals surface area contributed by atoms with Crippen LogP contribution in [-0.2, 0) is 13.2 Å². The van der Waals surface area contributed by atoms with E-state index in [-0.39, 0.29) is 6.61 Å². The highest BCUT2D eigenvalue weighted by Gasteiger charge is 2.14. The van der Waals surface area contributed by atoms with E-state index in [0.29, 0.717) is 34.6 Å². The summed E-state index contributed by atoms with van der Waals surface area (Å²) in [6, 6.07) is 18.8. The average Bonchev–Trinajstić information content (AvgIpc) is 2.74. The van der Waals surface area contributed by atoms with Crippen molar-refractivity contribution in [3.8, 4) is 11.5 Å². The first-order valence-corrected chi connectivity index (χ1v) is 10.9. The van der Waals surface area contributed by atoms with E-state index in [4.69, 9.17) is 32.7 Å². The lowest BCUT2D eigenvalue weighted by atomic mass is 10.1. The number of aliphatic hydroxyl groups is 1. The molecule has 0 heterocycles. The number of hydrogen-bond acceptors (Lipinski definition) is 4. The van der Waals surface area contributed by atoms with Gasteiger partial charge < -0.3 is 19.9 Å². The fourth-order valence-corrected chi connectivity index (χ4v) is 4.09. The minimum absolute atomic E-state index is 0.217. The van der Waals surface area contributed by atoms with Gasteiger partial charge in [-0.3, -0.25) is 0 Å². The molecular formula is C23H22BrCl2NO3. The largest absolute Gasteiger partial charge is 0.493 e. The molecule has 3 rings (SSSR count). The second-order valence-corrected chi connectivity index (χ2v) is 8.32. The van der Waals surface area contributed by atoms with Crippen LogP contribution in [-0.4, -0.2) is 18.8 Å². The molecule has 0 aromatic heterocycles.